The number of esters is 1. The minimum atomic E-state index is -0.401. The highest BCUT2D eigenvalue weighted by Gasteiger charge is 2.02. The molecule has 6 heteroatoms. The summed E-state index contributed by atoms with van der Waals surface area (Å²) in [4.78, 5) is 11.0. The maximum absolute atomic E-state index is 11.0. The van der Waals surface area contributed by atoms with Crippen LogP contribution in [0.4, 0.5) is 0 Å². The van der Waals surface area contributed by atoms with Crippen LogP contribution < -0.4 is 0 Å². The molecule has 0 amide bonds. The van der Waals surface area contributed by atoms with E-state index in [1.54, 1.807) is 6.92 Å². The van der Waals surface area contributed by atoms with E-state index in [1.807, 2.05) is 6.92 Å². The van der Waals surface area contributed by atoms with Gasteiger partial charge < -0.3 is 23.7 Å². The first kappa shape index (κ1) is 19.6. The molecule has 0 aliphatic carbocycles. The van der Waals surface area contributed by atoms with Crippen LogP contribution in [0.15, 0.2) is 25.0 Å². The Hall–Kier alpha value is -1.37. The third-order valence-electron chi connectivity index (χ3n) is 2.26. The summed E-state index contributed by atoms with van der Waals surface area (Å²) in [5, 5.41) is 0. The molecule has 0 N–H and O–H groups in total. The Balaban J connectivity index is 3.20. The van der Waals surface area contributed by atoms with E-state index in [1.165, 1.54) is 6.26 Å². The zero-order valence-corrected chi connectivity index (χ0v) is 13.0. The van der Waals surface area contributed by atoms with Gasteiger partial charge in [-0.1, -0.05) is 13.2 Å². The van der Waals surface area contributed by atoms with Gasteiger partial charge in [0.2, 0.25) is 0 Å². The lowest BCUT2D eigenvalue weighted by Crippen LogP contribution is -2.18. The zero-order chi connectivity index (χ0) is 15.9. The molecule has 21 heavy (non-hydrogen) atoms. The smallest absolute Gasteiger partial charge is 0.333 e. The topological polar surface area (TPSA) is 63.2 Å². The van der Waals surface area contributed by atoms with E-state index in [9.17, 15) is 4.79 Å². The largest absolute Gasteiger partial charge is 0.499 e. The molecule has 0 heterocycles. The van der Waals surface area contributed by atoms with Crippen LogP contribution in [0, 0.1) is 0 Å². The normalized spacial score (nSPS) is 11.7. The molecule has 0 aromatic heterocycles. The number of ether oxygens (including phenoxy) is 5. The van der Waals surface area contributed by atoms with Gasteiger partial charge in [-0.3, -0.25) is 0 Å². The fourth-order valence-electron chi connectivity index (χ4n) is 1.20. The van der Waals surface area contributed by atoms with E-state index in [2.05, 4.69) is 13.2 Å². The molecule has 122 valence electrons. The van der Waals surface area contributed by atoms with Crippen molar-refractivity contribution in [1.29, 1.82) is 0 Å². The van der Waals surface area contributed by atoms with E-state index in [0.717, 1.165) is 0 Å². The molecule has 0 aromatic rings. The molecule has 6 nitrogen and oxygen atoms in total. The predicted molar refractivity (Wildman–Crippen MR) is 79.0 cm³/mol. The Morgan fingerprint density at radius 2 is 1.67 bits per heavy atom. The highest BCUT2D eigenvalue weighted by molar-refractivity contribution is 5.86. The van der Waals surface area contributed by atoms with Gasteiger partial charge in [-0.05, 0) is 13.8 Å². The van der Waals surface area contributed by atoms with Gasteiger partial charge in [0.25, 0.3) is 0 Å². The summed E-state index contributed by atoms with van der Waals surface area (Å²) in [6, 6.07) is 0. The summed E-state index contributed by atoms with van der Waals surface area (Å²) in [5.74, 6) is -0.401. The molecule has 0 fully saturated rings. The molecule has 0 saturated carbocycles. The van der Waals surface area contributed by atoms with Gasteiger partial charge in [-0.15, -0.1) is 0 Å². The van der Waals surface area contributed by atoms with Gasteiger partial charge in [-0.25, -0.2) is 4.79 Å². The van der Waals surface area contributed by atoms with Crippen molar-refractivity contribution in [2.24, 2.45) is 0 Å². The van der Waals surface area contributed by atoms with Crippen LogP contribution in [-0.2, 0) is 28.5 Å². The fourth-order valence-corrected chi connectivity index (χ4v) is 1.20. The minimum absolute atomic E-state index is 0.00542. The molecule has 0 bridgehead atoms. The summed E-state index contributed by atoms with van der Waals surface area (Å²) in [6.45, 7) is 13.4. The highest BCUT2D eigenvalue weighted by Crippen LogP contribution is 1.93. The average molecular weight is 302 g/mol. The quantitative estimate of drug-likeness (QED) is 0.211. The highest BCUT2D eigenvalue weighted by atomic mass is 16.6. The molecule has 1 atom stereocenters. The number of carbonyl (C=O) groups is 1. The van der Waals surface area contributed by atoms with Gasteiger partial charge in [0.05, 0.1) is 45.4 Å². The van der Waals surface area contributed by atoms with Crippen molar-refractivity contribution >= 4 is 5.97 Å². The van der Waals surface area contributed by atoms with Crippen molar-refractivity contribution in [3.63, 3.8) is 0 Å². The number of hydrogen-bond acceptors (Lipinski definition) is 6. The van der Waals surface area contributed by atoms with Crippen LogP contribution in [0.5, 0.6) is 0 Å². The second-order valence-corrected chi connectivity index (χ2v) is 4.32. The van der Waals surface area contributed by atoms with E-state index in [4.69, 9.17) is 23.7 Å². The van der Waals surface area contributed by atoms with Crippen molar-refractivity contribution in [2.45, 2.75) is 20.0 Å². The average Bonchev–Trinajstić information content (AvgIpc) is 2.46. The molecule has 0 saturated heterocycles. The summed E-state index contributed by atoms with van der Waals surface area (Å²) in [7, 11) is 0. The van der Waals surface area contributed by atoms with Crippen molar-refractivity contribution in [3.05, 3.63) is 25.0 Å². The Morgan fingerprint density at radius 3 is 2.24 bits per heavy atom. The van der Waals surface area contributed by atoms with Gasteiger partial charge in [0, 0.05) is 5.57 Å². The zero-order valence-electron chi connectivity index (χ0n) is 13.0. The standard InChI is InChI=1S/C15H26O6/c1-5-17-12-14(4)20-10-8-18-6-7-19-9-11-21-15(16)13(2)3/h5,14H,1-2,6-12H2,3-4H3. The van der Waals surface area contributed by atoms with Gasteiger partial charge in [-0.2, -0.15) is 0 Å². The lowest BCUT2D eigenvalue weighted by Gasteiger charge is -2.12. The van der Waals surface area contributed by atoms with Crippen molar-refractivity contribution in [1.82, 2.24) is 0 Å². The number of carbonyl (C=O) groups excluding carboxylic acids is 1. The molecule has 0 rings (SSSR count). The molecule has 1 unspecified atom stereocenters. The summed E-state index contributed by atoms with van der Waals surface area (Å²) >= 11 is 0. The van der Waals surface area contributed by atoms with Crippen molar-refractivity contribution in [3.8, 4) is 0 Å². The first-order valence-electron chi connectivity index (χ1n) is 6.90. The summed E-state index contributed by atoms with van der Waals surface area (Å²) in [6.07, 6.45) is 1.40. The molecule has 0 aromatic carbocycles. The van der Waals surface area contributed by atoms with E-state index < -0.39 is 5.97 Å². The van der Waals surface area contributed by atoms with E-state index in [-0.39, 0.29) is 12.7 Å². The van der Waals surface area contributed by atoms with Gasteiger partial charge in [0.1, 0.15) is 13.2 Å². The molecule has 0 aliphatic heterocycles. The van der Waals surface area contributed by atoms with Crippen LogP contribution in [0.2, 0.25) is 0 Å². The molecular formula is C15H26O6. The Bertz CT molecular complexity index is 303. The molecule has 0 radical (unpaired) electrons. The molecular weight excluding hydrogens is 276 g/mol. The van der Waals surface area contributed by atoms with Crippen LogP contribution in [0.1, 0.15) is 13.8 Å². The van der Waals surface area contributed by atoms with Crippen molar-refractivity contribution < 1.29 is 28.5 Å². The minimum Gasteiger partial charge on any atom is -0.499 e. The van der Waals surface area contributed by atoms with Crippen LogP contribution in [0.25, 0.3) is 0 Å². The number of hydrogen-bond donors (Lipinski definition) is 0. The maximum atomic E-state index is 11.0. The summed E-state index contributed by atoms with van der Waals surface area (Å²) in [5.41, 5.74) is 0.381. The summed E-state index contributed by atoms with van der Waals surface area (Å²) < 4.78 is 25.9. The maximum Gasteiger partial charge on any atom is 0.333 e. The first-order chi connectivity index (χ1) is 10.1. The lowest BCUT2D eigenvalue weighted by molar-refractivity contribution is -0.140. The second-order valence-electron chi connectivity index (χ2n) is 4.32. The van der Waals surface area contributed by atoms with Gasteiger partial charge >= 0.3 is 5.97 Å². The SMILES string of the molecule is C=COCC(C)OCCOCCOCCOC(=O)C(=C)C. The predicted octanol–water partition coefficient (Wildman–Crippen LogP) is 1.70. The third kappa shape index (κ3) is 13.4. The first-order valence-corrected chi connectivity index (χ1v) is 6.90. The lowest BCUT2D eigenvalue weighted by atomic mass is 10.4. The fraction of sp³-hybridized carbons (Fsp3) is 0.667. The third-order valence-corrected chi connectivity index (χ3v) is 2.26. The Morgan fingerprint density at radius 1 is 1.10 bits per heavy atom. The van der Waals surface area contributed by atoms with E-state index >= 15 is 0 Å². The molecule has 0 spiro atoms. The number of rotatable bonds is 14. The van der Waals surface area contributed by atoms with Gasteiger partial charge in [0.15, 0.2) is 0 Å². The monoisotopic (exact) mass is 302 g/mol. The van der Waals surface area contributed by atoms with Crippen LogP contribution in [-0.4, -0.2) is 58.3 Å². The Kier molecular flexibility index (Phi) is 12.7. The Labute approximate surface area is 126 Å². The molecule has 0 aliphatic rings. The van der Waals surface area contributed by atoms with E-state index in [0.29, 0.717) is 45.2 Å². The van der Waals surface area contributed by atoms with Crippen molar-refractivity contribution in [2.75, 3.05) is 46.2 Å². The van der Waals surface area contributed by atoms with Crippen LogP contribution >= 0.6 is 0 Å². The van der Waals surface area contributed by atoms with Crippen LogP contribution in [0.3, 0.4) is 0 Å². The second kappa shape index (κ2) is 13.6.